The fourth-order valence-corrected chi connectivity index (χ4v) is 2.56. The zero-order valence-electron chi connectivity index (χ0n) is 11.8. The van der Waals surface area contributed by atoms with E-state index in [-0.39, 0.29) is 5.91 Å². The van der Waals surface area contributed by atoms with Gasteiger partial charge in [0.25, 0.3) is 5.91 Å². The molecule has 0 saturated heterocycles. The number of pyridine rings is 1. The molecular weight excluding hydrogens is 270 g/mol. The van der Waals surface area contributed by atoms with Crippen LogP contribution in [0.1, 0.15) is 28.6 Å². The molecule has 0 fully saturated rings. The summed E-state index contributed by atoms with van der Waals surface area (Å²) in [7, 11) is 1.81. The number of rotatable bonds is 6. The fourth-order valence-electron chi connectivity index (χ4n) is 1.81. The van der Waals surface area contributed by atoms with Crippen molar-refractivity contribution in [3.8, 4) is 0 Å². The molecule has 1 amide bonds. The van der Waals surface area contributed by atoms with E-state index in [1.165, 1.54) is 4.88 Å². The third-order valence-electron chi connectivity index (χ3n) is 2.89. The lowest BCUT2D eigenvalue weighted by Gasteiger charge is -2.16. The van der Waals surface area contributed by atoms with Crippen LogP contribution in [0.2, 0.25) is 0 Å². The van der Waals surface area contributed by atoms with Crippen LogP contribution in [0.3, 0.4) is 0 Å². The Labute approximate surface area is 123 Å². The molecule has 0 spiro atoms. The number of carbonyl (C=O) groups is 1. The van der Waals surface area contributed by atoms with Gasteiger partial charge in [-0.1, -0.05) is 13.0 Å². The third kappa shape index (κ3) is 3.81. The van der Waals surface area contributed by atoms with E-state index in [0.29, 0.717) is 12.1 Å². The zero-order chi connectivity index (χ0) is 14.4. The minimum Gasteiger partial charge on any atom is -0.370 e. The average molecular weight is 289 g/mol. The monoisotopic (exact) mass is 289 g/mol. The van der Waals surface area contributed by atoms with Crippen LogP contribution in [-0.2, 0) is 6.54 Å². The Bertz CT molecular complexity index is 537. The summed E-state index contributed by atoms with van der Waals surface area (Å²) >= 11 is 1.66. The lowest BCUT2D eigenvalue weighted by molar-refractivity contribution is 0.0786. The number of anilines is 1. The summed E-state index contributed by atoms with van der Waals surface area (Å²) in [4.78, 5) is 19.4. The highest BCUT2D eigenvalue weighted by Crippen LogP contribution is 2.13. The highest BCUT2D eigenvalue weighted by Gasteiger charge is 2.12. The molecule has 0 bridgehead atoms. The lowest BCUT2D eigenvalue weighted by Crippen LogP contribution is -2.25. The van der Waals surface area contributed by atoms with Crippen molar-refractivity contribution in [2.75, 3.05) is 18.9 Å². The number of nitrogens with zero attached hydrogens (tertiary/aromatic N) is 2. The van der Waals surface area contributed by atoms with Gasteiger partial charge in [0.2, 0.25) is 0 Å². The topological polar surface area (TPSA) is 45.2 Å². The molecule has 0 saturated carbocycles. The molecule has 0 aromatic carbocycles. The van der Waals surface area contributed by atoms with Crippen molar-refractivity contribution in [2.24, 2.45) is 0 Å². The lowest BCUT2D eigenvalue weighted by atomic mass is 10.2. The van der Waals surface area contributed by atoms with Crippen molar-refractivity contribution in [1.82, 2.24) is 9.88 Å². The predicted molar refractivity (Wildman–Crippen MR) is 83.1 cm³/mol. The van der Waals surface area contributed by atoms with Crippen LogP contribution < -0.4 is 5.32 Å². The molecule has 2 aromatic rings. The van der Waals surface area contributed by atoms with Gasteiger partial charge >= 0.3 is 0 Å². The Morgan fingerprint density at radius 1 is 1.40 bits per heavy atom. The molecule has 4 nitrogen and oxygen atoms in total. The molecule has 2 rings (SSSR count). The molecule has 5 heteroatoms. The molecular formula is C15H19N3OS. The summed E-state index contributed by atoms with van der Waals surface area (Å²) < 4.78 is 0. The van der Waals surface area contributed by atoms with Crippen LogP contribution in [0.15, 0.2) is 35.8 Å². The number of thiophene rings is 1. The van der Waals surface area contributed by atoms with Gasteiger partial charge in [0.15, 0.2) is 0 Å². The summed E-state index contributed by atoms with van der Waals surface area (Å²) in [6.45, 7) is 3.62. The van der Waals surface area contributed by atoms with Crippen LogP contribution in [0.4, 0.5) is 5.82 Å². The summed E-state index contributed by atoms with van der Waals surface area (Å²) in [5, 5.41) is 5.21. The van der Waals surface area contributed by atoms with Crippen LogP contribution in [-0.4, -0.2) is 29.4 Å². The molecule has 0 atom stereocenters. The molecule has 0 radical (unpaired) electrons. The van der Waals surface area contributed by atoms with Crippen LogP contribution >= 0.6 is 11.3 Å². The summed E-state index contributed by atoms with van der Waals surface area (Å²) in [6.07, 6.45) is 2.68. The number of hydrogen-bond donors (Lipinski definition) is 1. The molecule has 0 aliphatic heterocycles. The molecule has 0 aliphatic carbocycles. The van der Waals surface area contributed by atoms with Crippen molar-refractivity contribution < 1.29 is 4.79 Å². The number of carbonyl (C=O) groups excluding carboxylic acids is 1. The van der Waals surface area contributed by atoms with Crippen molar-refractivity contribution in [3.05, 3.63) is 46.3 Å². The Morgan fingerprint density at radius 3 is 2.85 bits per heavy atom. The minimum atomic E-state index is -0.00654. The second-order valence-electron chi connectivity index (χ2n) is 4.60. The second-order valence-corrected chi connectivity index (χ2v) is 5.63. The molecule has 2 aromatic heterocycles. The van der Waals surface area contributed by atoms with E-state index >= 15 is 0 Å². The van der Waals surface area contributed by atoms with Gasteiger partial charge in [-0.2, -0.15) is 0 Å². The van der Waals surface area contributed by atoms with Crippen LogP contribution in [0.25, 0.3) is 0 Å². The van der Waals surface area contributed by atoms with E-state index < -0.39 is 0 Å². The summed E-state index contributed by atoms with van der Waals surface area (Å²) in [5.41, 5.74) is 0.617. The van der Waals surface area contributed by atoms with E-state index in [4.69, 9.17) is 0 Å². The average Bonchev–Trinajstić information content (AvgIpc) is 2.97. The van der Waals surface area contributed by atoms with Gasteiger partial charge < -0.3 is 10.2 Å². The standard InChI is InChI=1S/C15H19N3OS/c1-3-8-16-14-7-6-12(10-17-14)15(19)18(2)11-13-5-4-9-20-13/h4-7,9-10H,3,8,11H2,1-2H3,(H,16,17). The van der Waals surface area contributed by atoms with Gasteiger partial charge in [-0.15, -0.1) is 11.3 Å². The van der Waals surface area contributed by atoms with Gasteiger partial charge in [-0.05, 0) is 30.0 Å². The number of hydrogen-bond acceptors (Lipinski definition) is 4. The van der Waals surface area contributed by atoms with Gasteiger partial charge in [-0.25, -0.2) is 4.98 Å². The largest absolute Gasteiger partial charge is 0.370 e. The highest BCUT2D eigenvalue weighted by molar-refractivity contribution is 7.09. The highest BCUT2D eigenvalue weighted by atomic mass is 32.1. The molecule has 0 aliphatic rings. The van der Waals surface area contributed by atoms with Gasteiger partial charge in [0.1, 0.15) is 5.82 Å². The molecule has 106 valence electrons. The number of nitrogens with one attached hydrogen (secondary N) is 1. The van der Waals surface area contributed by atoms with E-state index in [2.05, 4.69) is 17.2 Å². The first-order chi connectivity index (χ1) is 9.70. The second kappa shape index (κ2) is 7.05. The van der Waals surface area contributed by atoms with Crippen molar-refractivity contribution in [1.29, 1.82) is 0 Å². The van der Waals surface area contributed by atoms with Crippen molar-refractivity contribution in [2.45, 2.75) is 19.9 Å². The maximum atomic E-state index is 12.3. The van der Waals surface area contributed by atoms with Crippen molar-refractivity contribution >= 4 is 23.1 Å². The molecule has 20 heavy (non-hydrogen) atoms. The SMILES string of the molecule is CCCNc1ccc(C(=O)N(C)Cc2cccs2)cn1. The summed E-state index contributed by atoms with van der Waals surface area (Å²) in [5.74, 6) is 0.803. The molecule has 2 heterocycles. The van der Waals surface area contributed by atoms with Gasteiger partial charge in [-0.3, -0.25) is 4.79 Å². The van der Waals surface area contributed by atoms with Crippen molar-refractivity contribution in [3.63, 3.8) is 0 Å². The fraction of sp³-hybridized carbons (Fsp3) is 0.333. The van der Waals surface area contributed by atoms with E-state index in [1.54, 1.807) is 22.4 Å². The quantitative estimate of drug-likeness (QED) is 0.888. The first kappa shape index (κ1) is 14.5. The van der Waals surface area contributed by atoms with E-state index in [9.17, 15) is 4.79 Å². The Balaban J connectivity index is 1.97. The normalized spacial score (nSPS) is 10.3. The van der Waals surface area contributed by atoms with Crippen LogP contribution in [0.5, 0.6) is 0 Å². The zero-order valence-corrected chi connectivity index (χ0v) is 12.6. The first-order valence-electron chi connectivity index (χ1n) is 6.68. The smallest absolute Gasteiger partial charge is 0.255 e. The maximum Gasteiger partial charge on any atom is 0.255 e. The minimum absolute atomic E-state index is 0.00654. The third-order valence-corrected chi connectivity index (χ3v) is 3.75. The Morgan fingerprint density at radius 2 is 2.25 bits per heavy atom. The van der Waals surface area contributed by atoms with Gasteiger partial charge in [0, 0.05) is 24.7 Å². The summed E-state index contributed by atoms with van der Waals surface area (Å²) in [6, 6.07) is 7.69. The Hall–Kier alpha value is -1.88. The molecule has 1 N–H and O–H groups in total. The number of aromatic nitrogens is 1. The van der Waals surface area contributed by atoms with Gasteiger partial charge in [0.05, 0.1) is 12.1 Å². The van der Waals surface area contributed by atoms with Crippen LogP contribution in [0, 0.1) is 0 Å². The first-order valence-corrected chi connectivity index (χ1v) is 7.56. The van der Waals surface area contributed by atoms with E-state index in [1.807, 2.05) is 36.7 Å². The predicted octanol–water partition coefficient (Wildman–Crippen LogP) is 3.24. The molecule has 0 unspecified atom stereocenters. The van der Waals surface area contributed by atoms with E-state index in [0.717, 1.165) is 18.8 Å². The number of amides is 1. The Kier molecular flexibility index (Phi) is 5.12. The maximum absolute atomic E-state index is 12.3.